The van der Waals surface area contributed by atoms with Crippen molar-refractivity contribution in [1.29, 1.82) is 0 Å². The second-order valence-electron chi connectivity index (χ2n) is 4.03. The molecule has 0 amide bonds. The Bertz CT molecular complexity index is 132. The Morgan fingerprint density at radius 2 is 1.64 bits per heavy atom. The maximum Gasteiger partial charge on any atom is 0.0198 e. The zero-order valence-corrected chi connectivity index (χ0v) is 7.51. The third kappa shape index (κ3) is 1.42. The Morgan fingerprint density at radius 3 is 2.09 bits per heavy atom. The molecule has 2 aliphatic rings. The van der Waals surface area contributed by atoms with Crippen LogP contribution in [0, 0.1) is 0 Å². The van der Waals surface area contributed by atoms with Gasteiger partial charge in [-0.05, 0) is 26.7 Å². The topological polar surface area (TPSA) is 15.3 Å². The van der Waals surface area contributed by atoms with Gasteiger partial charge in [0.1, 0.15) is 0 Å². The van der Waals surface area contributed by atoms with E-state index in [2.05, 4.69) is 24.1 Å². The zero-order valence-electron chi connectivity index (χ0n) is 7.51. The largest absolute Gasteiger partial charge is 0.314 e. The van der Waals surface area contributed by atoms with Crippen molar-refractivity contribution in [3.8, 4) is 0 Å². The fourth-order valence-electron chi connectivity index (χ4n) is 2.24. The molecule has 0 aromatic carbocycles. The molecule has 11 heavy (non-hydrogen) atoms. The van der Waals surface area contributed by atoms with Crippen molar-refractivity contribution in [3.05, 3.63) is 0 Å². The third-order valence-corrected chi connectivity index (χ3v) is 2.87. The Labute approximate surface area is 69.0 Å². The van der Waals surface area contributed by atoms with Gasteiger partial charge < -0.3 is 5.32 Å². The van der Waals surface area contributed by atoms with Gasteiger partial charge in [0.15, 0.2) is 0 Å². The summed E-state index contributed by atoms with van der Waals surface area (Å²) in [7, 11) is 0. The maximum absolute atomic E-state index is 3.46. The van der Waals surface area contributed by atoms with Gasteiger partial charge in [0, 0.05) is 31.2 Å². The molecule has 0 spiro atoms. The number of rotatable bonds is 1. The average Bonchev–Trinajstić information content (AvgIpc) is 2.70. The summed E-state index contributed by atoms with van der Waals surface area (Å²) in [6.45, 7) is 7.03. The molecule has 1 aliphatic heterocycles. The number of nitrogens with one attached hydrogen (secondary N) is 1. The van der Waals surface area contributed by atoms with E-state index >= 15 is 0 Å². The molecule has 1 aliphatic carbocycles. The van der Waals surface area contributed by atoms with Gasteiger partial charge in [-0.15, -0.1) is 0 Å². The minimum atomic E-state index is 0.756. The van der Waals surface area contributed by atoms with Crippen molar-refractivity contribution in [1.82, 2.24) is 10.2 Å². The maximum atomic E-state index is 3.46. The lowest BCUT2D eigenvalue weighted by Crippen LogP contribution is -2.55. The molecular formula is C9H18N2. The van der Waals surface area contributed by atoms with E-state index in [1.54, 1.807) is 0 Å². The van der Waals surface area contributed by atoms with Gasteiger partial charge in [-0.2, -0.15) is 0 Å². The van der Waals surface area contributed by atoms with Crippen molar-refractivity contribution >= 4 is 0 Å². The number of nitrogens with zero attached hydrogens (tertiary/aromatic N) is 1. The molecule has 1 heterocycles. The molecule has 0 unspecified atom stereocenters. The van der Waals surface area contributed by atoms with E-state index in [1.807, 2.05) is 0 Å². The lowest BCUT2D eigenvalue weighted by Gasteiger charge is -2.39. The molecule has 0 bridgehead atoms. The van der Waals surface area contributed by atoms with Crippen molar-refractivity contribution in [2.75, 3.05) is 13.1 Å². The van der Waals surface area contributed by atoms with Crippen molar-refractivity contribution in [2.24, 2.45) is 0 Å². The summed E-state index contributed by atoms with van der Waals surface area (Å²) >= 11 is 0. The Kier molecular flexibility index (Phi) is 1.90. The number of hydrogen-bond donors (Lipinski definition) is 1. The summed E-state index contributed by atoms with van der Waals surface area (Å²) in [4.78, 5) is 2.69. The molecule has 2 fully saturated rings. The van der Waals surface area contributed by atoms with Crippen LogP contribution in [0.5, 0.6) is 0 Å². The van der Waals surface area contributed by atoms with Gasteiger partial charge in [-0.3, -0.25) is 4.90 Å². The van der Waals surface area contributed by atoms with Crippen LogP contribution in [0.15, 0.2) is 0 Å². The highest BCUT2D eigenvalue weighted by molar-refractivity contribution is 4.93. The molecule has 0 radical (unpaired) electrons. The normalized spacial score (nSPS) is 40.9. The Morgan fingerprint density at radius 1 is 1.09 bits per heavy atom. The quantitative estimate of drug-likeness (QED) is 0.602. The van der Waals surface area contributed by atoms with Crippen LogP contribution < -0.4 is 5.32 Å². The highest BCUT2D eigenvalue weighted by Crippen LogP contribution is 2.31. The SMILES string of the molecule is C[C@@H]1CNC[C@@H](C)N1C1CC1. The van der Waals surface area contributed by atoms with E-state index in [-0.39, 0.29) is 0 Å². The summed E-state index contributed by atoms with van der Waals surface area (Å²) in [5.41, 5.74) is 0. The first kappa shape index (κ1) is 7.56. The molecule has 0 aromatic heterocycles. The first-order valence-electron chi connectivity index (χ1n) is 4.77. The molecular weight excluding hydrogens is 136 g/mol. The number of piperazine rings is 1. The lowest BCUT2D eigenvalue weighted by molar-refractivity contribution is 0.108. The summed E-state index contributed by atoms with van der Waals surface area (Å²) in [5, 5.41) is 3.46. The van der Waals surface area contributed by atoms with Crippen LogP contribution >= 0.6 is 0 Å². The van der Waals surface area contributed by atoms with E-state index in [9.17, 15) is 0 Å². The van der Waals surface area contributed by atoms with Crippen LogP contribution in [0.1, 0.15) is 26.7 Å². The molecule has 0 aromatic rings. The molecule has 2 atom stereocenters. The standard InChI is InChI=1S/C9H18N2/c1-7-5-10-6-8(2)11(7)9-3-4-9/h7-10H,3-6H2,1-2H3/t7-,8-/m1/s1. The predicted octanol–water partition coefficient (Wildman–Crippen LogP) is 0.831. The number of hydrogen-bond acceptors (Lipinski definition) is 2. The van der Waals surface area contributed by atoms with Gasteiger partial charge in [-0.25, -0.2) is 0 Å². The molecule has 64 valence electrons. The van der Waals surface area contributed by atoms with E-state index in [0.29, 0.717) is 0 Å². The smallest absolute Gasteiger partial charge is 0.0198 e. The average molecular weight is 154 g/mol. The van der Waals surface area contributed by atoms with E-state index in [0.717, 1.165) is 18.1 Å². The van der Waals surface area contributed by atoms with Crippen molar-refractivity contribution in [2.45, 2.75) is 44.8 Å². The van der Waals surface area contributed by atoms with Gasteiger partial charge in [-0.1, -0.05) is 0 Å². The first-order valence-corrected chi connectivity index (χ1v) is 4.77. The van der Waals surface area contributed by atoms with Crippen molar-refractivity contribution in [3.63, 3.8) is 0 Å². The van der Waals surface area contributed by atoms with Crippen LogP contribution in [-0.4, -0.2) is 36.1 Å². The Hall–Kier alpha value is -0.0800. The fourth-order valence-corrected chi connectivity index (χ4v) is 2.24. The third-order valence-electron chi connectivity index (χ3n) is 2.87. The second kappa shape index (κ2) is 2.76. The van der Waals surface area contributed by atoms with Crippen LogP contribution in [-0.2, 0) is 0 Å². The fraction of sp³-hybridized carbons (Fsp3) is 1.00. The lowest BCUT2D eigenvalue weighted by atomic mass is 10.1. The van der Waals surface area contributed by atoms with E-state index in [4.69, 9.17) is 0 Å². The highest BCUT2D eigenvalue weighted by atomic mass is 15.3. The summed E-state index contributed by atoms with van der Waals surface area (Å²) < 4.78 is 0. The minimum absolute atomic E-state index is 0.756. The van der Waals surface area contributed by atoms with Gasteiger partial charge in [0.25, 0.3) is 0 Å². The Balaban J connectivity index is 1.99. The molecule has 1 saturated carbocycles. The molecule has 1 saturated heterocycles. The predicted molar refractivity (Wildman–Crippen MR) is 46.7 cm³/mol. The van der Waals surface area contributed by atoms with E-state index in [1.165, 1.54) is 25.9 Å². The monoisotopic (exact) mass is 154 g/mol. The highest BCUT2D eigenvalue weighted by Gasteiger charge is 2.36. The van der Waals surface area contributed by atoms with Gasteiger partial charge >= 0.3 is 0 Å². The molecule has 1 N–H and O–H groups in total. The zero-order chi connectivity index (χ0) is 7.84. The molecule has 2 rings (SSSR count). The van der Waals surface area contributed by atoms with Gasteiger partial charge in [0.05, 0.1) is 0 Å². The summed E-state index contributed by atoms with van der Waals surface area (Å²) in [5.74, 6) is 0. The first-order chi connectivity index (χ1) is 5.29. The molecule has 2 heteroatoms. The summed E-state index contributed by atoms with van der Waals surface area (Å²) in [6, 6.07) is 2.44. The van der Waals surface area contributed by atoms with Crippen LogP contribution in [0.4, 0.5) is 0 Å². The van der Waals surface area contributed by atoms with Crippen LogP contribution in [0.2, 0.25) is 0 Å². The van der Waals surface area contributed by atoms with Crippen LogP contribution in [0.3, 0.4) is 0 Å². The van der Waals surface area contributed by atoms with Gasteiger partial charge in [0.2, 0.25) is 0 Å². The van der Waals surface area contributed by atoms with Crippen LogP contribution in [0.25, 0.3) is 0 Å². The summed E-state index contributed by atoms with van der Waals surface area (Å²) in [6.07, 6.45) is 2.88. The minimum Gasteiger partial charge on any atom is -0.314 e. The molecule has 2 nitrogen and oxygen atoms in total. The van der Waals surface area contributed by atoms with E-state index < -0.39 is 0 Å². The van der Waals surface area contributed by atoms with Crippen molar-refractivity contribution < 1.29 is 0 Å². The second-order valence-corrected chi connectivity index (χ2v) is 4.03.